The van der Waals surface area contributed by atoms with E-state index in [9.17, 15) is 0 Å². The average Bonchev–Trinajstić information content (AvgIpc) is 3.91. The minimum Gasteiger partial charge on any atom is -0.498 e. The van der Waals surface area contributed by atoms with Gasteiger partial charge in [0.15, 0.2) is 0 Å². The average molecular weight is 1020 g/mol. The molecule has 11 aromatic rings. The van der Waals surface area contributed by atoms with Gasteiger partial charge in [-0.3, -0.25) is 4.90 Å². The summed E-state index contributed by atoms with van der Waals surface area (Å²) in [7, 11) is 2.00. The molecule has 8 aromatic carbocycles. The normalized spacial score (nSPS) is 12.3. The molecule has 0 unspecified atom stereocenters. The predicted octanol–water partition coefficient (Wildman–Crippen LogP) is 14.2. The van der Waals surface area contributed by atoms with E-state index in [4.69, 9.17) is 9.40 Å². The third kappa shape index (κ3) is 6.44. The van der Waals surface area contributed by atoms with Gasteiger partial charge in [0.25, 0.3) is 0 Å². The second-order valence-electron chi connectivity index (χ2n) is 16.2. The number of rotatable bonds is 4. The zero-order valence-electron chi connectivity index (χ0n) is 35.8. The molecule has 0 spiro atoms. The summed E-state index contributed by atoms with van der Waals surface area (Å²) in [4.78, 5) is 12.0. The van der Waals surface area contributed by atoms with Gasteiger partial charge in [-0.05, 0) is 85.8 Å². The van der Waals surface area contributed by atoms with Crippen molar-refractivity contribution in [1.29, 1.82) is 0 Å². The van der Waals surface area contributed by atoms with Crippen LogP contribution >= 0.6 is 0 Å². The Morgan fingerprint density at radius 1 is 0.523 bits per heavy atom. The summed E-state index contributed by atoms with van der Waals surface area (Å²) in [6, 6.07) is 70.0. The third-order valence-corrected chi connectivity index (χ3v) is 12.4. The zero-order chi connectivity index (χ0) is 42.9. The van der Waals surface area contributed by atoms with Crippen molar-refractivity contribution in [2.24, 2.45) is 7.05 Å². The number of nitrogens with zero attached hydrogens (tertiary/aromatic N) is 6. The molecule has 0 saturated heterocycles. The van der Waals surface area contributed by atoms with Crippen LogP contribution in [-0.2, 0) is 27.2 Å². The van der Waals surface area contributed by atoms with Gasteiger partial charge in [0.1, 0.15) is 11.3 Å². The van der Waals surface area contributed by atoms with E-state index in [1.165, 1.54) is 11.1 Å². The molecule has 0 radical (unpaired) electrons. The molecular weight excluding hydrogens is 977 g/mol. The van der Waals surface area contributed by atoms with Crippen LogP contribution in [0.25, 0.3) is 49.9 Å². The van der Waals surface area contributed by atoms with E-state index in [2.05, 4.69) is 187 Å². The maximum atomic E-state index is 7.08. The van der Waals surface area contributed by atoms with E-state index in [-0.39, 0.29) is 20.1 Å². The van der Waals surface area contributed by atoms with Crippen molar-refractivity contribution >= 4 is 84.2 Å². The Hall–Kier alpha value is -7.77. The number of anilines is 9. The second-order valence-corrected chi connectivity index (χ2v) is 16.2. The summed E-state index contributed by atoms with van der Waals surface area (Å²) in [5.74, 6) is 0. The number of hydrogen-bond acceptors (Lipinski definition) is 5. The van der Waals surface area contributed by atoms with Crippen LogP contribution in [-0.4, -0.2) is 9.55 Å². The number of pyridine rings is 1. The molecule has 0 amide bonds. The van der Waals surface area contributed by atoms with Gasteiger partial charge < -0.3 is 28.3 Å². The fraction of sp³-hybridized carbons (Fsp3) is 0.0526. The van der Waals surface area contributed by atoms with E-state index < -0.39 is 0 Å². The molecule has 0 fully saturated rings. The minimum absolute atomic E-state index is 0. The monoisotopic (exact) mass is 1020 g/mol. The van der Waals surface area contributed by atoms with E-state index in [1.54, 1.807) is 0 Å². The number of imidazole rings is 1. The summed E-state index contributed by atoms with van der Waals surface area (Å²) >= 11 is 0. The Balaban J connectivity index is 0.000000233. The molecule has 5 heterocycles. The molecule has 0 bridgehead atoms. The maximum Gasteiger partial charge on any atom is 3.00 e. The van der Waals surface area contributed by atoms with Crippen molar-refractivity contribution in [3.05, 3.63) is 218 Å². The summed E-state index contributed by atoms with van der Waals surface area (Å²) in [5.41, 5.74) is 18.8. The first-order valence-electron chi connectivity index (χ1n) is 21.5. The Morgan fingerprint density at radius 3 is 1.85 bits per heavy atom. The molecule has 0 aliphatic carbocycles. The number of benzene rings is 8. The van der Waals surface area contributed by atoms with E-state index in [1.807, 2.05) is 64.8 Å². The summed E-state index contributed by atoms with van der Waals surface area (Å²) < 4.78 is 11.1. The first-order chi connectivity index (χ1) is 31.5. The Morgan fingerprint density at radius 2 is 1.14 bits per heavy atom. The minimum atomic E-state index is 0. The van der Waals surface area contributed by atoms with Gasteiger partial charge in [-0.2, -0.15) is 30.3 Å². The first kappa shape index (κ1) is 40.0. The molecule has 0 atom stereocenters. The topological polar surface area (TPSA) is 44.6 Å². The van der Waals surface area contributed by atoms with Crippen LogP contribution in [0, 0.1) is 32.3 Å². The maximum absolute atomic E-state index is 7.08. The van der Waals surface area contributed by atoms with Gasteiger partial charge in [0, 0.05) is 23.0 Å². The van der Waals surface area contributed by atoms with E-state index in [0.717, 1.165) is 101 Å². The molecule has 312 valence electrons. The SMILES string of the molecule is C[n+]1[c-]n(-c2[c-]cccc2)c2ccccc21.Cc1cnc(-c2[c-]ccc3c2oc2c4c(ccc23)N(c2ccccc2)c2cccc3c2N4c2ccccc2N3c2ccccc2)cc1C.[Ir+3]. The fourth-order valence-electron chi connectivity index (χ4n) is 9.30. The molecule has 2 aliphatic heterocycles. The predicted molar refractivity (Wildman–Crippen MR) is 259 cm³/mol. The van der Waals surface area contributed by atoms with E-state index in [0.29, 0.717) is 0 Å². The van der Waals surface area contributed by atoms with Gasteiger partial charge in [-0.25, -0.2) is 0 Å². The van der Waals surface area contributed by atoms with Crippen LogP contribution in [0.15, 0.2) is 193 Å². The number of hydrogen-bond donors (Lipinski definition) is 0. The van der Waals surface area contributed by atoms with Gasteiger partial charge in [-0.1, -0.05) is 107 Å². The third-order valence-electron chi connectivity index (χ3n) is 12.4. The molecule has 8 heteroatoms. The van der Waals surface area contributed by atoms with Crippen molar-refractivity contribution in [1.82, 2.24) is 9.55 Å². The Labute approximate surface area is 391 Å². The Kier molecular flexibility index (Phi) is 9.91. The van der Waals surface area contributed by atoms with Crippen molar-refractivity contribution in [2.75, 3.05) is 14.7 Å². The summed E-state index contributed by atoms with van der Waals surface area (Å²) in [5, 5.41) is 2.10. The quantitative estimate of drug-likeness (QED) is 0.130. The van der Waals surface area contributed by atoms with Gasteiger partial charge >= 0.3 is 20.1 Å². The van der Waals surface area contributed by atoms with Crippen molar-refractivity contribution in [2.45, 2.75) is 13.8 Å². The molecular formula is C57H40IrN6O+. The van der Waals surface area contributed by atoms with Crippen LogP contribution in [0.3, 0.4) is 0 Å². The van der Waals surface area contributed by atoms with E-state index >= 15 is 0 Å². The van der Waals surface area contributed by atoms with Crippen molar-refractivity contribution < 1.29 is 29.1 Å². The molecule has 0 saturated carbocycles. The van der Waals surface area contributed by atoms with Crippen LogP contribution < -0.4 is 19.3 Å². The zero-order valence-corrected chi connectivity index (χ0v) is 38.2. The number of para-hydroxylation sites is 8. The standard InChI is InChI=1S/C43H29N4O.C14H11N2.Ir/c1-27-25-34(44-26-28(27)2)33-18-11-17-31-32-23-24-39-41(43(32)48-42(31)33)47-36-20-10-9-19-35(36)45(29-13-5-3-6-14-29)37-21-12-22-38(40(37)47)46(39)30-15-7-4-8-16-30;1-15-11-16(12-7-3-2-4-8-12)14-10-6-5-9-13(14)15;/h3-17,19-26H,1-2H3;2-7,9-10H,1H3;/q2*-1;+3. The van der Waals surface area contributed by atoms with Gasteiger partial charge in [-0.15, -0.1) is 18.2 Å². The smallest absolute Gasteiger partial charge is 0.498 e. The number of aromatic nitrogens is 3. The first-order valence-corrected chi connectivity index (χ1v) is 21.5. The summed E-state index contributed by atoms with van der Waals surface area (Å²) in [6.45, 7) is 4.21. The molecule has 65 heavy (non-hydrogen) atoms. The summed E-state index contributed by atoms with van der Waals surface area (Å²) in [6.07, 6.45) is 5.20. The number of furan rings is 1. The second kappa shape index (κ2) is 16.1. The van der Waals surface area contributed by atoms with Gasteiger partial charge in [0.2, 0.25) is 6.33 Å². The van der Waals surface area contributed by atoms with Crippen molar-refractivity contribution in [3.8, 4) is 16.9 Å². The molecule has 2 aliphatic rings. The molecule has 3 aromatic heterocycles. The van der Waals surface area contributed by atoms with Gasteiger partial charge in [0.05, 0.1) is 57.8 Å². The number of fused-ring (bicyclic) bond motifs is 9. The van der Waals surface area contributed by atoms with Crippen LogP contribution in [0.4, 0.5) is 51.2 Å². The number of aryl methyl sites for hydroxylation is 3. The molecule has 13 rings (SSSR count). The van der Waals surface area contributed by atoms with Crippen LogP contribution in [0.1, 0.15) is 11.1 Å². The molecule has 0 N–H and O–H groups in total. The van der Waals surface area contributed by atoms with Crippen LogP contribution in [0.5, 0.6) is 0 Å². The fourth-order valence-corrected chi connectivity index (χ4v) is 9.30. The molecule has 7 nitrogen and oxygen atoms in total. The van der Waals surface area contributed by atoms with Crippen LogP contribution in [0.2, 0.25) is 0 Å². The Bertz CT molecular complexity index is 3550. The van der Waals surface area contributed by atoms with Crippen molar-refractivity contribution in [3.63, 3.8) is 0 Å². The largest absolute Gasteiger partial charge is 3.00 e.